The molecule has 6 nitrogen and oxygen atoms in total. The summed E-state index contributed by atoms with van der Waals surface area (Å²) < 4.78 is 23.5. The molecule has 0 saturated carbocycles. The number of amidine groups is 1. The summed E-state index contributed by atoms with van der Waals surface area (Å²) in [5, 5.41) is 3.00. The minimum absolute atomic E-state index is 0.164. The fourth-order valence-corrected chi connectivity index (χ4v) is 3.53. The molecule has 2 heterocycles. The maximum Gasteiger partial charge on any atom is 0.256 e. The molecule has 24 heavy (non-hydrogen) atoms. The number of carbonyl (C=O) groups excluding carboxylic acids is 1. The maximum absolute atomic E-state index is 12.8. The van der Waals surface area contributed by atoms with Crippen LogP contribution in [0, 0.1) is 0 Å². The number of amides is 1. The van der Waals surface area contributed by atoms with Crippen molar-refractivity contribution in [3.63, 3.8) is 0 Å². The third kappa shape index (κ3) is 2.53. The predicted octanol–water partition coefficient (Wildman–Crippen LogP) is 1.80. The molecule has 0 saturated heterocycles. The third-order valence-corrected chi connectivity index (χ3v) is 5.46. The second kappa shape index (κ2) is 5.46. The molecule has 0 radical (unpaired) electrons. The molecule has 1 aromatic carbocycles. The Morgan fingerprint density at radius 1 is 1.29 bits per heavy atom. The minimum Gasteiger partial charge on any atom is -0.337 e. The van der Waals surface area contributed by atoms with Gasteiger partial charge in [0, 0.05) is 41.2 Å². The van der Waals surface area contributed by atoms with E-state index in [1.807, 2.05) is 0 Å². The van der Waals surface area contributed by atoms with E-state index in [9.17, 15) is 13.2 Å². The molecule has 2 aliphatic rings. The molecule has 0 bridgehead atoms. The van der Waals surface area contributed by atoms with Crippen molar-refractivity contribution in [2.24, 2.45) is 4.99 Å². The number of nitrogens with zero attached hydrogens (tertiary/aromatic N) is 2. The summed E-state index contributed by atoms with van der Waals surface area (Å²) in [5.41, 5.74) is 0.640. The normalized spacial score (nSPS) is 23.8. The van der Waals surface area contributed by atoms with Gasteiger partial charge in [-0.25, -0.2) is 13.4 Å². The summed E-state index contributed by atoms with van der Waals surface area (Å²) in [6.45, 7) is 1.70. The molecule has 1 atom stereocenters. The smallest absolute Gasteiger partial charge is 0.256 e. The number of likely N-dealkylation sites (N-methyl/N-ethyl adjacent to an activating group) is 1. The van der Waals surface area contributed by atoms with Gasteiger partial charge in [-0.2, -0.15) is 0 Å². The zero-order chi connectivity index (χ0) is 17.7. The lowest BCUT2D eigenvalue weighted by Gasteiger charge is -2.42. The van der Waals surface area contributed by atoms with Crippen LogP contribution >= 0.6 is 11.6 Å². The minimum atomic E-state index is -3.51. The number of nitrogens with one attached hydrogen (secondary N) is 1. The number of hydrogen-bond donors (Lipinski definition) is 1. The van der Waals surface area contributed by atoms with Crippen LogP contribution in [0.2, 0.25) is 5.02 Å². The zero-order valence-electron chi connectivity index (χ0n) is 13.4. The van der Waals surface area contributed by atoms with Crippen molar-refractivity contribution in [1.29, 1.82) is 0 Å². The number of sulfone groups is 1. The summed E-state index contributed by atoms with van der Waals surface area (Å²) >= 11 is 6.21. The van der Waals surface area contributed by atoms with Crippen LogP contribution in [-0.4, -0.2) is 43.4 Å². The van der Waals surface area contributed by atoms with Gasteiger partial charge >= 0.3 is 0 Å². The molecule has 0 aliphatic carbocycles. The van der Waals surface area contributed by atoms with Crippen molar-refractivity contribution in [1.82, 2.24) is 10.2 Å². The molecule has 1 aromatic rings. The van der Waals surface area contributed by atoms with Gasteiger partial charge in [0.2, 0.25) is 15.0 Å². The first-order chi connectivity index (χ1) is 11.1. The molecular weight excluding hydrogens is 350 g/mol. The van der Waals surface area contributed by atoms with Crippen molar-refractivity contribution in [2.75, 3.05) is 13.3 Å². The Morgan fingerprint density at radius 3 is 2.58 bits per heavy atom. The molecule has 0 aromatic heterocycles. The Balaban J connectivity index is 2.15. The fourth-order valence-electron chi connectivity index (χ4n) is 2.68. The molecular formula is C16H16ClN3O3S. The van der Waals surface area contributed by atoms with E-state index in [4.69, 9.17) is 11.6 Å². The zero-order valence-corrected chi connectivity index (χ0v) is 14.9. The molecule has 8 heteroatoms. The summed E-state index contributed by atoms with van der Waals surface area (Å²) in [6.07, 6.45) is 4.32. The van der Waals surface area contributed by atoms with Crippen LogP contribution in [0.3, 0.4) is 0 Å². The van der Waals surface area contributed by atoms with E-state index in [0.717, 1.165) is 6.26 Å². The predicted molar refractivity (Wildman–Crippen MR) is 94.1 cm³/mol. The van der Waals surface area contributed by atoms with Crippen LogP contribution in [0.15, 0.2) is 47.1 Å². The van der Waals surface area contributed by atoms with Crippen LogP contribution in [0.5, 0.6) is 0 Å². The first-order valence-corrected chi connectivity index (χ1v) is 9.43. The quantitative estimate of drug-likeness (QED) is 0.823. The number of aliphatic imine (C=N–C) groups is 1. The first-order valence-electron chi connectivity index (χ1n) is 7.16. The average Bonchev–Trinajstić information content (AvgIpc) is 2.51. The molecule has 3 rings (SSSR count). The van der Waals surface area contributed by atoms with Gasteiger partial charge in [-0.05, 0) is 19.1 Å². The molecule has 0 fully saturated rings. The Hall–Kier alpha value is -2.12. The van der Waals surface area contributed by atoms with Gasteiger partial charge in [0.05, 0.1) is 0 Å². The first kappa shape index (κ1) is 16.7. The van der Waals surface area contributed by atoms with Crippen molar-refractivity contribution in [2.45, 2.75) is 12.6 Å². The largest absolute Gasteiger partial charge is 0.337 e. The molecule has 1 unspecified atom stereocenters. The summed E-state index contributed by atoms with van der Waals surface area (Å²) in [4.78, 5) is 18.5. The number of carbonyl (C=O) groups is 1. The lowest BCUT2D eigenvalue weighted by molar-refractivity contribution is -0.127. The van der Waals surface area contributed by atoms with Crippen LogP contribution in [-0.2, 0) is 14.6 Å². The lowest BCUT2D eigenvalue weighted by atomic mass is 9.89. The van der Waals surface area contributed by atoms with E-state index in [2.05, 4.69) is 10.3 Å². The van der Waals surface area contributed by atoms with E-state index >= 15 is 0 Å². The highest BCUT2D eigenvalue weighted by Crippen LogP contribution is 2.38. The number of rotatable bonds is 1. The Kier molecular flexibility index (Phi) is 3.80. The number of hydrogen-bond acceptors (Lipinski definition) is 5. The molecule has 2 aliphatic heterocycles. The summed E-state index contributed by atoms with van der Waals surface area (Å²) in [7, 11) is -1.92. The second-order valence-electron chi connectivity index (χ2n) is 5.86. The van der Waals surface area contributed by atoms with Gasteiger partial charge in [-0.15, -0.1) is 0 Å². The Morgan fingerprint density at radius 2 is 1.96 bits per heavy atom. The highest BCUT2D eigenvalue weighted by Gasteiger charge is 2.44. The van der Waals surface area contributed by atoms with Gasteiger partial charge in [0.25, 0.3) is 5.91 Å². The summed E-state index contributed by atoms with van der Waals surface area (Å²) in [5.74, 6) is -0.277. The lowest BCUT2D eigenvalue weighted by Crippen LogP contribution is -2.53. The van der Waals surface area contributed by atoms with E-state index in [0.29, 0.717) is 21.7 Å². The molecule has 1 N–H and O–H groups in total. The van der Waals surface area contributed by atoms with E-state index in [1.54, 1.807) is 50.5 Å². The third-order valence-electron chi connectivity index (χ3n) is 4.22. The van der Waals surface area contributed by atoms with Crippen molar-refractivity contribution < 1.29 is 13.2 Å². The van der Waals surface area contributed by atoms with Gasteiger partial charge in [0.1, 0.15) is 0 Å². The number of halogens is 1. The van der Waals surface area contributed by atoms with Gasteiger partial charge in [0.15, 0.2) is 5.66 Å². The SMILES string of the molecule is CN1C(=O)C(c2ccccc2Cl)=CC2=CNC(S(C)(=O)=O)=NC21C. The monoisotopic (exact) mass is 365 g/mol. The highest BCUT2D eigenvalue weighted by atomic mass is 35.5. The summed E-state index contributed by atoms with van der Waals surface area (Å²) in [6, 6.07) is 7.07. The van der Waals surface area contributed by atoms with Gasteiger partial charge in [-0.3, -0.25) is 4.79 Å². The van der Waals surface area contributed by atoms with Crippen LogP contribution in [0.4, 0.5) is 0 Å². The van der Waals surface area contributed by atoms with Crippen LogP contribution < -0.4 is 5.32 Å². The molecule has 1 amide bonds. The van der Waals surface area contributed by atoms with E-state index < -0.39 is 15.5 Å². The van der Waals surface area contributed by atoms with Crippen molar-refractivity contribution >= 4 is 38.1 Å². The van der Waals surface area contributed by atoms with E-state index in [1.165, 1.54) is 4.90 Å². The Bertz CT molecular complexity index is 934. The second-order valence-corrected chi connectivity index (χ2v) is 8.19. The number of fused-ring (bicyclic) bond motifs is 1. The molecule has 126 valence electrons. The topological polar surface area (TPSA) is 78.8 Å². The fraction of sp³-hybridized carbons (Fsp3) is 0.250. The maximum atomic E-state index is 12.8. The van der Waals surface area contributed by atoms with Crippen molar-refractivity contribution in [3.8, 4) is 0 Å². The standard InChI is InChI=1S/C16H16ClN3O3S/c1-16-10(9-18-15(19-16)24(3,22)23)8-12(14(21)20(16)2)11-6-4-5-7-13(11)17/h4-9H,1-3H3,(H,18,19). The number of benzene rings is 1. The van der Waals surface area contributed by atoms with Crippen LogP contribution in [0.25, 0.3) is 5.57 Å². The van der Waals surface area contributed by atoms with Crippen LogP contribution in [0.1, 0.15) is 12.5 Å². The van der Waals surface area contributed by atoms with Gasteiger partial charge in [-0.1, -0.05) is 29.8 Å². The molecule has 0 spiro atoms. The highest BCUT2D eigenvalue weighted by molar-refractivity contribution is 8.05. The average molecular weight is 366 g/mol. The Labute approximate surface area is 145 Å². The van der Waals surface area contributed by atoms with Gasteiger partial charge < -0.3 is 10.2 Å². The van der Waals surface area contributed by atoms with Crippen molar-refractivity contribution in [3.05, 3.63) is 52.7 Å². The van der Waals surface area contributed by atoms with E-state index in [-0.39, 0.29) is 11.1 Å².